The molecule has 0 heterocycles. The molecule has 0 aliphatic rings. The molecule has 2 rings (SSSR count). The highest BCUT2D eigenvalue weighted by Crippen LogP contribution is 2.15. The molecule has 0 radical (unpaired) electrons. The Bertz CT molecular complexity index is 614. The molecule has 0 aliphatic heterocycles. The lowest BCUT2D eigenvalue weighted by molar-refractivity contribution is -0.121. The van der Waals surface area contributed by atoms with Crippen LogP contribution in [-0.4, -0.2) is 12.5 Å². The number of carbonyl (C=O) groups is 1. The second-order valence-corrected chi connectivity index (χ2v) is 4.84. The normalized spacial score (nSPS) is 10.3. The van der Waals surface area contributed by atoms with Gasteiger partial charge in [-0.1, -0.05) is 30.3 Å². The lowest BCUT2D eigenvalue weighted by Crippen LogP contribution is -2.24. The number of hydrogen-bond donors (Lipinski definition) is 2. The van der Waals surface area contributed by atoms with Crippen molar-refractivity contribution in [2.24, 2.45) is 5.73 Å². The number of halogens is 1. The quantitative estimate of drug-likeness (QED) is 0.825. The molecule has 0 spiro atoms. The summed E-state index contributed by atoms with van der Waals surface area (Å²) in [6.07, 6.45) is 0.323. The first-order valence-corrected chi connectivity index (χ1v) is 7.11. The van der Waals surface area contributed by atoms with Crippen molar-refractivity contribution in [1.29, 1.82) is 0 Å². The SMILES string of the molecule is NCCC(=O)NCc1ccc(OCc2ccccc2F)cc1. The maximum absolute atomic E-state index is 13.5. The van der Waals surface area contributed by atoms with E-state index in [4.69, 9.17) is 10.5 Å². The molecule has 4 nitrogen and oxygen atoms in total. The lowest BCUT2D eigenvalue weighted by atomic mass is 10.2. The molecular formula is C17H19FN2O2. The van der Waals surface area contributed by atoms with Crippen molar-refractivity contribution in [3.63, 3.8) is 0 Å². The van der Waals surface area contributed by atoms with Crippen LogP contribution in [0.4, 0.5) is 4.39 Å². The molecule has 1 amide bonds. The Balaban J connectivity index is 1.84. The van der Waals surface area contributed by atoms with Gasteiger partial charge in [0.15, 0.2) is 0 Å². The zero-order valence-corrected chi connectivity index (χ0v) is 12.2. The summed E-state index contributed by atoms with van der Waals surface area (Å²) in [6.45, 7) is 0.973. The van der Waals surface area contributed by atoms with Gasteiger partial charge in [0, 0.05) is 25.1 Å². The van der Waals surface area contributed by atoms with Crippen LogP contribution in [0.2, 0.25) is 0 Å². The van der Waals surface area contributed by atoms with Gasteiger partial charge in [-0.05, 0) is 23.8 Å². The summed E-state index contributed by atoms with van der Waals surface area (Å²) in [4.78, 5) is 11.3. The maximum Gasteiger partial charge on any atom is 0.221 e. The van der Waals surface area contributed by atoms with Gasteiger partial charge in [0.25, 0.3) is 0 Å². The standard InChI is InChI=1S/C17H19FN2O2/c18-16-4-2-1-3-14(16)12-22-15-7-5-13(6-8-15)11-20-17(21)9-10-19/h1-8H,9-12,19H2,(H,20,21). The summed E-state index contributed by atoms with van der Waals surface area (Å²) in [5.41, 5.74) is 6.78. The molecule has 3 N–H and O–H groups in total. The van der Waals surface area contributed by atoms with E-state index in [1.165, 1.54) is 6.07 Å². The molecule has 0 aromatic heterocycles. The second kappa shape index (κ2) is 8.14. The predicted octanol–water partition coefficient (Wildman–Crippen LogP) is 2.37. The second-order valence-electron chi connectivity index (χ2n) is 4.84. The highest BCUT2D eigenvalue weighted by molar-refractivity contribution is 5.76. The molecule has 0 atom stereocenters. The number of nitrogens with two attached hydrogens (primary N) is 1. The van der Waals surface area contributed by atoms with E-state index in [1.807, 2.05) is 12.1 Å². The molecular weight excluding hydrogens is 283 g/mol. The molecule has 116 valence electrons. The minimum absolute atomic E-state index is 0.0672. The highest BCUT2D eigenvalue weighted by atomic mass is 19.1. The third kappa shape index (κ3) is 4.86. The highest BCUT2D eigenvalue weighted by Gasteiger charge is 2.03. The average molecular weight is 302 g/mol. The van der Waals surface area contributed by atoms with Crippen LogP contribution in [0.15, 0.2) is 48.5 Å². The van der Waals surface area contributed by atoms with Gasteiger partial charge in [-0.2, -0.15) is 0 Å². The van der Waals surface area contributed by atoms with E-state index in [1.54, 1.807) is 30.3 Å². The van der Waals surface area contributed by atoms with E-state index in [0.29, 0.717) is 30.8 Å². The molecule has 0 saturated carbocycles. The molecule has 2 aromatic carbocycles. The van der Waals surface area contributed by atoms with Crippen LogP contribution in [0, 0.1) is 5.82 Å². The molecule has 0 bridgehead atoms. The monoisotopic (exact) mass is 302 g/mol. The van der Waals surface area contributed by atoms with Crippen molar-refractivity contribution >= 4 is 5.91 Å². The van der Waals surface area contributed by atoms with Gasteiger partial charge < -0.3 is 15.8 Å². The fourth-order valence-corrected chi connectivity index (χ4v) is 1.90. The van der Waals surface area contributed by atoms with Crippen LogP contribution >= 0.6 is 0 Å². The third-order valence-corrected chi connectivity index (χ3v) is 3.14. The predicted molar refractivity (Wildman–Crippen MR) is 82.7 cm³/mol. The van der Waals surface area contributed by atoms with Gasteiger partial charge >= 0.3 is 0 Å². The first-order valence-electron chi connectivity index (χ1n) is 7.11. The smallest absolute Gasteiger partial charge is 0.221 e. The largest absolute Gasteiger partial charge is 0.489 e. The Hall–Kier alpha value is -2.40. The summed E-state index contributed by atoms with van der Waals surface area (Å²) < 4.78 is 19.0. The lowest BCUT2D eigenvalue weighted by Gasteiger charge is -2.08. The van der Waals surface area contributed by atoms with Gasteiger partial charge in [0.1, 0.15) is 18.2 Å². The Morgan fingerprint density at radius 1 is 1.14 bits per heavy atom. The van der Waals surface area contributed by atoms with Gasteiger partial charge in [-0.25, -0.2) is 4.39 Å². The minimum Gasteiger partial charge on any atom is -0.489 e. The number of ether oxygens (including phenoxy) is 1. The Morgan fingerprint density at radius 3 is 2.55 bits per heavy atom. The van der Waals surface area contributed by atoms with Gasteiger partial charge in [0.2, 0.25) is 5.91 Å². The third-order valence-electron chi connectivity index (χ3n) is 3.14. The van der Waals surface area contributed by atoms with E-state index >= 15 is 0 Å². The summed E-state index contributed by atoms with van der Waals surface area (Å²) in [5, 5.41) is 2.78. The number of carbonyl (C=O) groups excluding carboxylic acids is 1. The summed E-state index contributed by atoms with van der Waals surface area (Å²) in [7, 11) is 0. The molecule has 5 heteroatoms. The van der Waals surface area contributed by atoms with E-state index < -0.39 is 0 Å². The number of amides is 1. The van der Waals surface area contributed by atoms with Gasteiger partial charge in [-0.15, -0.1) is 0 Å². The molecule has 0 unspecified atom stereocenters. The van der Waals surface area contributed by atoms with Gasteiger partial charge in [0.05, 0.1) is 0 Å². The summed E-state index contributed by atoms with van der Waals surface area (Å²) in [5.74, 6) is 0.310. The average Bonchev–Trinajstić information content (AvgIpc) is 2.53. The van der Waals surface area contributed by atoms with Crippen molar-refractivity contribution in [2.75, 3.05) is 6.54 Å². The molecule has 0 aliphatic carbocycles. The van der Waals surface area contributed by atoms with Gasteiger partial charge in [-0.3, -0.25) is 4.79 Å². The topological polar surface area (TPSA) is 64.4 Å². The fraction of sp³-hybridized carbons (Fsp3) is 0.235. The Labute approximate surface area is 129 Å². The Morgan fingerprint density at radius 2 is 1.86 bits per heavy atom. The molecule has 2 aromatic rings. The number of rotatable bonds is 7. The van der Waals surface area contributed by atoms with Crippen LogP contribution in [0.5, 0.6) is 5.75 Å². The number of hydrogen-bond acceptors (Lipinski definition) is 3. The van der Waals surface area contributed by atoms with E-state index in [-0.39, 0.29) is 18.3 Å². The maximum atomic E-state index is 13.5. The number of nitrogens with one attached hydrogen (secondary N) is 1. The van der Waals surface area contributed by atoms with Crippen LogP contribution in [-0.2, 0) is 17.9 Å². The van der Waals surface area contributed by atoms with E-state index in [9.17, 15) is 9.18 Å². The molecule has 0 fully saturated rings. The zero-order chi connectivity index (χ0) is 15.8. The summed E-state index contributed by atoms with van der Waals surface area (Å²) in [6, 6.07) is 13.8. The van der Waals surface area contributed by atoms with Crippen molar-refractivity contribution in [1.82, 2.24) is 5.32 Å². The van der Waals surface area contributed by atoms with Crippen LogP contribution < -0.4 is 15.8 Å². The fourth-order valence-electron chi connectivity index (χ4n) is 1.90. The first-order chi connectivity index (χ1) is 10.7. The van der Waals surface area contributed by atoms with Crippen molar-refractivity contribution in [3.8, 4) is 5.75 Å². The zero-order valence-electron chi connectivity index (χ0n) is 12.2. The van der Waals surface area contributed by atoms with Crippen LogP contribution in [0.3, 0.4) is 0 Å². The van der Waals surface area contributed by atoms with E-state index in [2.05, 4.69) is 5.32 Å². The summed E-state index contributed by atoms with van der Waals surface area (Å²) >= 11 is 0. The molecule has 0 saturated heterocycles. The Kier molecular flexibility index (Phi) is 5.91. The van der Waals surface area contributed by atoms with E-state index in [0.717, 1.165) is 5.56 Å². The minimum atomic E-state index is -0.276. The van der Waals surface area contributed by atoms with Crippen LogP contribution in [0.25, 0.3) is 0 Å². The van der Waals surface area contributed by atoms with Crippen molar-refractivity contribution < 1.29 is 13.9 Å². The van der Waals surface area contributed by atoms with Crippen LogP contribution in [0.1, 0.15) is 17.5 Å². The van der Waals surface area contributed by atoms with Crippen molar-refractivity contribution in [3.05, 3.63) is 65.5 Å². The number of benzene rings is 2. The first kappa shape index (κ1) is 16.0. The van der Waals surface area contributed by atoms with Crippen molar-refractivity contribution in [2.45, 2.75) is 19.6 Å². The molecule has 22 heavy (non-hydrogen) atoms.